The van der Waals surface area contributed by atoms with Crippen molar-refractivity contribution < 1.29 is 17.9 Å². The van der Waals surface area contributed by atoms with Crippen LogP contribution < -0.4 is 14.4 Å². The van der Waals surface area contributed by atoms with Gasteiger partial charge in [-0.15, -0.1) is 0 Å². The molecule has 0 fully saturated rings. The van der Waals surface area contributed by atoms with Crippen molar-refractivity contribution in [1.29, 1.82) is 0 Å². The lowest BCUT2D eigenvalue weighted by molar-refractivity contribution is -0.114. The standard InChI is InChI=1S/C19H24N2O4S/c1-5-26(23,24)21(16-8-10-17(25-4)11-9-16)13-19(22)20-18-12-14(2)6-7-15(18)3/h6-12H,5,13H2,1-4H3,(H,20,22). The Balaban J connectivity index is 2.26. The zero-order chi connectivity index (χ0) is 19.3. The number of sulfonamides is 1. The Morgan fingerprint density at radius 1 is 1.12 bits per heavy atom. The van der Waals surface area contributed by atoms with E-state index in [1.165, 1.54) is 7.11 Å². The third kappa shape index (κ3) is 4.76. The number of hydrogen-bond acceptors (Lipinski definition) is 4. The molecule has 140 valence electrons. The van der Waals surface area contributed by atoms with E-state index in [0.717, 1.165) is 15.4 Å². The molecule has 1 N–H and O–H groups in total. The number of benzene rings is 2. The second kappa shape index (κ2) is 8.23. The first kappa shape index (κ1) is 19.8. The summed E-state index contributed by atoms with van der Waals surface area (Å²) in [7, 11) is -2.07. The number of carbonyl (C=O) groups excluding carboxylic acids is 1. The van der Waals surface area contributed by atoms with Crippen LogP contribution in [0.4, 0.5) is 11.4 Å². The van der Waals surface area contributed by atoms with Gasteiger partial charge < -0.3 is 10.1 Å². The maximum absolute atomic E-state index is 12.5. The van der Waals surface area contributed by atoms with Crippen LogP contribution in [0.15, 0.2) is 42.5 Å². The van der Waals surface area contributed by atoms with Gasteiger partial charge in [-0.1, -0.05) is 12.1 Å². The molecule has 1 amide bonds. The minimum atomic E-state index is -3.61. The van der Waals surface area contributed by atoms with Crippen molar-refractivity contribution in [3.05, 3.63) is 53.6 Å². The first-order chi connectivity index (χ1) is 12.3. The SMILES string of the molecule is CCS(=O)(=O)N(CC(=O)Nc1cc(C)ccc1C)c1ccc(OC)cc1. The van der Waals surface area contributed by atoms with Crippen LogP contribution in [0.25, 0.3) is 0 Å². The molecule has 0 aliphatic carbocycles. The van der Waals surface area contributed by atoms with Gasteiger partial charge in [0, 0.05) is 5.69 Å². The van der Waals surface area contributed by atoms with Crippen LogP contribution in [0.3, 0.4) is 0 Å². The van der Waals surface area contributed by atoms with E-state index >= 15 is 0 Å². The lowest BCUT2D eigenvalue weighted by Gasteiger charge is -2.23. The van der Waals surface area contributed by atoms with Crippen molar-refractivity contribution in [2.75, 3.05) is 29.0 Å². The third-order valence-corrected chi connectivity index (χ3v) is 5.76. The lowest BCUT2D eigenvalue weighted by atomic mass is 10.1. The fourth-order valence-electron chi connectivity index (χ4n) is 2.45. The van der Waals surface area contributed by atoms with Gasteiger partial charge >= 0.3 is 0 Å². The maximum Gasteiger partial charge on any atom is 0.245 e. The van der Waals surface area contributed by atoms with Crippen molar-refractivity contribution >= 4 is 27.3 Å². The normalized spacial score (nSPS) is 11.1. The molecule has 6 nitrogen and oxygen atoms in total. The molecule has 0 bridgehead atoms. The molecule has 7 heteroatoms. The minimum absolute atomic E-state index is 0.101. The second-order valence-corrected chi connectivity index (χ2v) is 8.15. The van der Waals surface area contributed by atoms with Gasteiger partial charge in [-0.05, 0) is 62.2 Å². The Hall–Kier alpha value is -2.54. The van der Waals surface area contributed by atoms with Gasteiger partial charge in [0.15, 0.2) is 0 Å². The number of anilines is 2. The zero-order valence-corrected chi connectivity index (χ0v) is 16.3. The van der Waals surface area contributed by atoms with E-state index in [2.05, 4.69) is 5.32 Å². The first-order valence-electron chi connectivity index (χ1n) is 8.28. The molecule has 2 aromatic rings. The highest BCUT2D eigenvalue weighted by atomic mass is 32.2. The third-order valence-electron chi connectivity index (χ3n) is 4.02. The number of rotatable bonds is 7. The summed E-state index contributed by atoms with van der Waals surface area (Å²) in [5.41, 5.74) is 3.03. The molecule has 0 aliphatic rings. The molecule has 2 aromatic carbocycles. The molecule has 0 spiro atoms. The van der Waals surface area contributed by atoms with Gasteiger partial charge in [-0.25, -0.2) is 8.42 Å². The van der Waals surface area contributed by atoms with Crippen LogP contribution in [0, 0.1) is 13.8 Å². The van der Waals surface area contributed by atoms with Crippen LogP contribution in [-0.2, 0) is 14.8 Å². The van der Waals surface area contributed by atoms with Crippen molar-refractivity contribution in [2.24, 2.45) is 0 Å². The fourth-order valence-corrected chi connectivity index (χ4v) is 3.51. The molecule has 0 heterocycles. The summed E-state index contributed by atoms with van der Waals surface area (Å²) >= 11 is 0. The van der Waals surface area contributed by atoms with Crippen LogP contribution in [0.5, 0.6) is 5.75 Å². The summed E-state index contributed by atoms with van der Waals surface area (Å²) < 4.78 is 31.2. The Morgan fingerprint density at radius 2 is 1.77 bits per heavy atom. The maximum atomic E-state index is 12.5. The van der Waals surface area contributed by atoms with Crippen molar-refractivity contribution in [3.63, 3.8) is 0 Å². The first-order valence-corrected chi connectivity index (χ1v) is 9.89. The Morgan fingerprint density at radius 3 is 2.35 bits per heavy atom. The molecule has 0 aromatic heterocycles. The van der Waals surface area contributed by atoms with E-state index in [0.29, 0.717) is 17.1 Å². The number of amides is 1. The van der Waals surface area contributed by atoms with E-state index in [-0.39, 0.29) is 12.3 Å². The molecule has 26 heavy (non-hydrogen) atoms. The Kier molecular flexibility index (Phi) is 6.26. The van der Waals surface area contributed by atoms with Crippen molar-refractivity contribution in [2.45, 2.75) is 20.8 Å². The lowest BCUT2D eigenvalue weighted by Crippen LogP contribution is -2.39. The van der Waals surface area contributed by atoms with E-state index < -0.39 is 15.9 Å². The summed E-state index contributed by atoms with van der Waals surface area (Å²) in [5.74, 6) is 0.115. The predicted octanol–water partition coefficient (Wildman–Crippen LogP) is 3.11. The summed E-state index contributed by atoms with van der Waals surface area (Å²) in [6, 6.07) is 12.3. The Bertz CT molecular complexity index is 877. The Labute approximate surface area is 154 Å². The quantitative estimate of drug-likeness (QED) is 0.806. The van der Waals surface area contributed by atoms with Crippen LogP contribution in [0.1, 0.15) is 18.1 Å². The van der Waals surface area contributed by atoms with E-state index in [1.54, 1.807) is 31.2 Å². The topological polar surface area (TPSA) is 75.7 Å². The average Bonchev–Trinajstić information content (AvgIpc) is 2.63. The van der Waals surface area contributed by atoms with Gasteiger partial charge in [0.25, 0.3) is 0 Å². The molecule has 0 radical (unpaired) electrons. The molecular weight excluding hydrogens is 352 g/mol. The largest absolute Gasteiger partial charge is 0.497 e. The number of hydrogen-bond donors (Lipinski definition) is 1. The van der Waals surface area contributed by atoms with E-state index in [4.69, 9.17) is 4.74 Å². The number of nitrogens with one attached hydrogen (secondary N) is 1. The van der Waals surface area contributed by atoms with Crippen LogP contribution >= 0.6 is 0 Å². The highest BCUT2D eigenvalue weighted by Crippen LogP contribution is 2.23. The fraction of sp³-hybridized carbons (Fsp3) is 0.316. The molecule has 0 saturated carbocycles. The summed E-state index contributed by atoms with van der Waals surface area (Å²) in [4.78, 5) is 12.5. The monoisotopic (exact) mass is 376 g/mol. The smallest absolute Gasteiger partial charge is 0.245 e. The molecule has 0 saturated heterocycles. The summed E-state index contributed by atoms with van der Waals surface area (Å²) in [6.45, 7) is 5.07. The van der Waals surface area contributed by atoms with Gasteiger partial charge in [-0.3, -0.25) is 9.10 Å². The molecular formula is C19H24N2O4S. The minimum Gasteiger partial charge on any atom is -0.497 e. The number of methoxy groups -OCH3 is 1. The highest BCUT2D eigenvalue weighted by molar-refractivity contribution is 7.92. The molecule has 0 atom stereocenters. The zero-order valence-electron chi connectivity index (χ0n) is 15.4. The number of nitrogens with zero attached hydrogens (tertiary/aromatic N) is 1. The van der Waals surface area contributed by atoms with Crippen molar-refractivity contribution in [3.8, 4) is 5.75 Å². The predicted molar refractivity (Wildman–Crippen MR) is 104 cm³/mol. The van der Waals surface area contributed by atoms with Gasteiger partial charge in [0.05, 0.1) is 18.6 Å². The van der Waals surface area contributed by atoms with E-state index in [1.807, 2.05) is 32.0 Å². The second-order valence-electron chi connectivity index (χ2n) is 5.97. The van der Waals surface area contributed by atoms with Gasteiger partial charge in [0.2, 0.25) is 15.9 Å². The summed E-state index contributed by atoms with van der Waals surface area (Å²) in [5, 5.41) is 2.80. The molecule has 0 aliphatic heterocycles. The molecule has 0 unspecified atom stereocenters. The van der Waals surface area contributed by atoms with Crippen LogP contribution in [0.2, 0.25) is 0 Å². The van der Waals surface area contributed by atoms with Gasteiger partial charge in [-0.2, -0.15) is 0 Å². The molecule has 2 rings (SSSR count). The van der Waals surface area contributed by atoms with E-state index in [9.17, 15) is 13.2 Å². The average molecular weight is 376 g/mol. The van der Waals surface area contributed by atoms with Crippen molar-refractivity contribution in [1.82, 2.24) is 0 Å². The number of carbonyl (C=O) groups is 1. The van der Waals surface area contributed by atoms with Crippen LogP contribution in [-0.4, -0.2) is 33.7 Å². The summed E-state index contributed by atoms with van der Waals surface area (Å²) in [6.07, 6.45) is 0. The highest BCUT2D eigenvalue weighted by Gasteiger charge is 2.23. The van der Waals surface area contributed by atoms with Gasteiger partial charge in [0.1, 0.15) is 12.3 Å². The number of ether oxygens (including phenoxy) is 1. The number of aryl methyl sites for hydroxylation is 2.